The summed E-state index contributed by atoms with van der Waals surface area (Å²) in [6.07, 6.45) is 2.57. The van der Waals surface area contributed by atoms with Crippen molar-refractivity contribution in [1.29, 1.82) is 0 Å². The molecule has 0 saturated carbocycles. The lowest BCUT2D eigenvalue weighted by Gasteiger charge is -2.26. The van der Waals surface area contributed by atoms with Gasteiger partial charge in [-0.3, -0.25) is 9.69 Å². The Kier molecular flexibility index (Phi) is 7.31. The third-order valence-corrected chi connectivity index (χ3v) is 5.15. The first-order valence-electron chi connectivity index (χ1n) is 6.05. The van der Waals surface area contributed by atoms with E-state index in [0.29, 0.717) is 6.42 Å². The molecule has 7 heteroatoms. The monoisotopic (exact) mass is 322 g/mol. The predicted molar refractivity (Wildman–Crippen MR) is 76.0 cm³/mol. The molecular formula is C12H19ClN2O2S2. The van der Waals surface area contributed by atoms with Crippen molar-refractivity contribution in [3.63, 3.8) is 0 Å². The fourth-order valence-electron chi connectivity index (χ4n) is 1.92. The molecule has 2 heterocycles. The lowest BCUT2D eigenvalue weighted by Crippen LogP contribution is -3.00. The number of thioether (sulfide) groups is 1. The molecule has 0 atom stereocenters. The molecule has 1 aliphatic rings. The number of morpholine rings is 1. The zero-order valence-electron chi connectivity index (χ0n) is 12.1. The molecule has 19 heavy (non-hydrogen) atoms. The summed E-state index contributed by atoms with van der Waals surface area (Å²) in [6.45, 7) is 6.18. The number of carbonyl (C=O) groups excluding carboxylic acids is 1. The topological polar surface area (TPSA) is 42.4 Å². The minimum Gasteiger partial charge on any atom is -1.00 e. The smallest absolute Gasteiger partial charge is 1.00 e. The molecule has 2 rings (SSSR count). The van der Waals surface area contributed by atoms with Gasteiger partial charge in [0, 0.05) is 26.1 Å². The summed E-state index contributed by atoms with van der Waals surface area (Å²) < 4.78 is 6.27. The molecule has 0 amide bonds. The molecule has 1 aromatic heterocycles. The Morgan fingerprint density at radius 1 is 1.53 bits per heavy atom. The van der Waals surface area contributed by atoms with Gasteiger partial charge in [-0.1, -0.05) is 11.8 Å². The zero-order valence-corrected chi connectivity index (χ0v) is 13.5. The maximum atomic E-state index is 12.1. The number of ether oxygens (including phenoxy) is 1. The van der Waals surface area contributed by atoms with Crippen molar-refractivity contribution >= 4 is 28.9 Å². The molecule has 4 nitrogen and oxygen atoms in total. The van der Waals surface area contributed by atoms with E-state index in [9.17, 15) is 4.79 Å². The van der Waals surface area contributed by atoms with Crippen LogP contribution in [0.3, 0.4) is 0 Å². The normalized spacial score (nSPS) is 16.1. The van der Waals surface area contributed by atoms with Crippen molar-refractivity contribution in [3.8, 4) is 0 Å². The number of halogens is 1. The van der Waals surface area contributed by atoms with Crippen LogP contribution in [-0.2, 0) is 4.74 Å². The highest BCUT2D eigenvalue weighted by molar-refractivity contribution is 8.00. The molecule has 0 spiro atoms. The summed E-state index contributed by atoms with van der Waals surface area (Å²) in [5.41, 5.74) is 0.872. The average molecular weight is 323 g/mol. The van der Waals surface area contributed by atoms with Gasteiger partial charge in [-0.2, -0.15) is 0 Å². The van der Waals surface area contributed by atoms with Crippen LogP contribution in [0.25, 0.3) is 0 Å². The number of aryl methyl sites for hydroxylation is 1. The standard InChI is InChI=1S/C12H18N2O2S2.ClH/c1-9-11(18-12(13-9)17-2)10(15)3-4-14-5-7-16-8-6-14;/h3-8H2,1-2H3;1H. The second-order valence-corrected chi connectivity index (χ2v) is 6.28. The Bertz CT molecular complexity index is 426. The number of rotatable bonds is 5. The number of aromatic nitrogens is 1. The molecule has 1 aliphatic heterocycles. The molecule has 0 aliphatic carbocycles. The number of carbonyl (C=O) groups is 1. The maximum absolute atomic E-state index is 12.1. The first-order chi connectivity index (χ1) is 8.70. The van der Waals surface area contributed by atoms with Gasteiger partial charge in [0.1, 0.15) is 0 Å². The first-order valence-corrected chi connectivity index (χ1v) is 8.09. The summed E-state index contributed by atoms with van der Waals surface area (Å²) in [5, 5.41) is 0. The summed E-state index contributed by atoms with van der Waals surface area (Å²) in [6, 6.07) is 0. The van der Waals surface area contributed by atoms with Gasteiger partial charge in [-0.25, -0.2) is 4.98 Å². The number of thiazole rings is 1. The van der Waals surface area contributed by atoms with Crippen molar-refractivity contribution in [2.45, 2.75) is 17.7 Å². The fourth-order valence-corrected chi connectivity index (χ4v) is 3.49. The van der Waals surface area contributed by atoms with Gasteiger partial charge in [0.05, 0.1) is 23.8 Å². The summed E-state index contributed by atoms with van der Waals surface area (Å²) in [5.74, 6) is 0.219. The highest BCUT2D eigenvalue weighted by atomic mass is 35.5. The Morgan fingerprint density at radius 3 is 2.79 bits per heavy atom. The van der Waals surface area contributed by atoms with E-state index in [0.717, 1.165) is 47.8 Å². The second-order valence-electron chi connectivity index (χ2n) is 4.23. The van der Waals surface area contributed by atoms with Gasteiger partial charge in [0.15, 0.2) is 10.1 Å². The number of hydrogen-bond acceptors (Lipinski definition) is 6. The van der Waals surface area contributed by atoms with E-state index in [1.165, 1.54) is 11.3 Å². The summed E-state index contributed by atoms with van der Waals surface area (Å²) in [7, 11) is 0. The maximum Gasteiger partial charge on any atom is 1.00 e. The number of Topliss-reactive ketones (excluding diaryl/α,β-unsaturated/α-hetero) is 1. The first kappa shape index (κ1) is 16.9. The van der Waals surface area contributed by atoms with Gasteiger partial charge in [0.25, 0.3) is 0 Å². The Labute approximate surface area is 129 Å². The van der Waals surface area contributed by atoms with Gasteiger partial charge >= 0.3 is 1.43 Å². The van der Waals surface area contributed by atoms with E-state index in [-0.39, 0.29) is 19.6 Å². The molecule has 1 saturated heterocycles. The van der Waals surface area contributed by atoms with Crippen LogP contribution in [0.5, 0.6) is 0 Å². The predicted octanol–water partition coefficient (Wildman–Crippen LogP) is -0.805. The Morgan fingerprint density at radius 2 is 2.21 bits per heavy atom. The second kappa shape index (κ2) is 8.21. The average Bonchev–Trinajstić information content (AvgIpc) is 2.78. The van der Waals surface area contributed by atoms with Crippen LogP contribution >= 0.6 is 23.1 Å². The fraction of sp³-hybridized carbons (Fsp3) is 0.667. The van der Waals surface area contributed by atoms with Gasteiger partial charge in [-0.05, 0) is 13.2 Å². The molecule has 1 fully saturated rings. The summed E-state index contributed by atoms with van der Waals surface area (Å²) in [4.78, 5) is 19.6. The number of ketones is 1. The van der Waals surface area contributed by atoms with Crippen LogP contribution in [0, 0.1) is 6.92 Å². The van der Waals surface area contributed by atoms with Gasteiger partial charge in [0.2, 0.25) is 0 Å². The number of hydrogen-bond donors (Lipinski definition) is 0. The van der Waals surface area contributed by atoms with E-state index >= 15 is 0 Å². The number of nitrogens with zero attached hydrogens (tertiary/aromatic N) is 2. The van der Waals surface area contributed by atoms with Crippen LogP contribution in [-0.4, -0.2) is 54.8 Å². The van der Waals surface area contributed by atoms with E-state index < -0.39 is 0 Å². The minimum absolute atomic E-state index is 0. The van der Waals surface area contributed by atoms with Crippen molar-refractivity contribution in [2.24, 2.45) is 0 Å². The molecule has 0 bridgehead atoms. The highest BCUT2D eigenvalue weighted by Crippen LogP contribution is 2.26. The molecule has 1 aromatic rings. The molecule has 0 aromatic carbocycles. The van der Waals surface area contributed by atoms with E-state index in [4.69, 9.17) is 4.74 Å². The lowest BCUT2D eigenvalue weighted by atomic mass is 10.2. The molecule has 0 N–H and O–H groups in total. The van der Waals surface area contributed by atoms with E-state index in [1.807, 2.05) is 13.2 Å². The van der Waals surface area contributed by atoms with Crippen LogP contribution in [0.15, 0.2) is 4.34 Å². The van der Waals surface area contributed by atoms with Crippen LogP contribution in [0.4, 0.5) is 0 Å². The lowest BCUT2D eigenvalue weighted by molar-refractivity contribution is -0.0000126. The van der Waals surface area contributed by atoms with Crippen LogP contribution in [0.1, 0.15) is 23.2 Å². The van der Waals surface area contributed by atoms with Crippen LogP contribution in [0.2, 0.25) is 0 Å². The van der Waals surface area contributed by atoms with Crippen molar-refractivity contribution in [1.82, 2.24) is 9.88 Å². The van der Waals surface area contributed by atoms with E-state index in [2.05, 4.69) is 9.88 Å². The zero-order chi connectivity index (χ0) is 13.0. The van der Waals surface area contributed by atoms with E-state index in [1.54, 1.807) is 11.8 Å². The summed E-state index contributed by atoms with van der Waals surface area (Å²) >= 11 is 3.11. The minimum atomic E-state index is 0. The molecule has 108 valence electrons. The van der Waals surface area contributed by atoms with Gasteiger partial charge < -0.3 is 17.1 Å². The van der Waals surface area contributed by atoms with Gasteiger partial charge in [-0.15, -0.1) is 11.3 Å². The third-order valence-electron chi connectivity index (χ3n) is 2.96. The van der Waals surface area contributed by atoms with Crippen molar-refractivity contribution in [2.75, 3.05) is 39.1 Å². The SMILES string of the molecule is CSc1nc(C)c(C(=O)CCN2CCOCC2)s1.[Cl-].[H+]. The Balaban J connectivity index is 0.00000180. The molecule has 0 unspecified atom stereocenters. The largest absolute Gasteiger partial charge is 1.00 e. The molecular weight excluding hydrogens is 304 g/mol. The molecule has 0 radical (unpaired) electrons. The van der Waals surface area contributed by atoms with Crippen LogP contribution < -0.4 is 12.4 Å². The third kappa shape index (κ3) is 4.72. The van der Waals surface area contributed by atoms with Crippen molar-refractivity contribution < 1.29 is 23.4 Å². The quantitative estimate of drug-likeness (QED) is 0.524. The Hall–Kier alpha value is -0.140. The van der Waals surface area contributed by atoms with Crippen molar-refractivity contribution in [3.05, 3.63) is 10.6 Å². The highest BCUT2D eigenvalue weighted by Gasteiger charge is 2.17.